The number of carboxylic acids is 1. The van der Waals surface area contributed by atoms with Gasteiger partial charge in [-0.25, -0.2) is 4.79 Å². The van der Waals surface area contributed by atoms with Gasteiger partial charge in [-0.1, -0.05) is 69.3 Å². The van der Waals surface area contributed by atoms with E-state index in [1.165, 1.54) is 23.8 Å². The summed E-state index contributed by atoms with van der Waals surface area (Å²) in [6, 6.07) is 21.0. The average molecular weight is 572 g/mol. The molecule has 0 spiro atoms. The van der Waals surface area contributed by atoms with E-state index in [1.54, 1.807) is 6.07 Å². The first-order valence-electron chi connectivity index (χ1n) is 15.0. The van der Waals surface area contributed by atoms with Gasteiger partial charge in [0.25, 0.3) is 0 Å². The zero-order valence-corrected chi connectivity index (χ0v) is 25.7. The van der Waals surface area contributed by atoms with Crippen LogP contribution in [0.15, 0.2) is 60.7 Å². The van der Waals surface area contributed by atoms with Crippen LogP contribution in [0.5, 0.6) is 5.75 Å². The number of nitrogens with zero attached hydrogens (tertiary/aromatic N) is 1. The van der Waals surface area contributed by atoms with Gasteiger partial charge < -0.3 is 14.6 Å². The Kier molecular flexibility index (Phi) is 10.4. The van der Waals surface area contributed by atoms with Gasteiger partial charge in [0, 0.05) is 19.0 Å². The molecular formula is C36H45NO5. The number of aromatic carboxylic acids is 1. The average Bonchev–Trinajstić information content (AvgIpc) is 2.96. The fraction of sp³-hybridized carbons (Fsp3) is 0.444. The third kappa shape index (κ3) is 8.22. The summed E-state index contributed by atoms with van der Waals surface area (Å²) < 4.78 is 11.3. The largest absolute Gasteiger partial charge is 0.489 e. The van der Waals surface area contributed by atoms with Crippen LogP contribution in [-0.2, 0) is 40.9 Å². The Morgan fingerprint density at radius 1 is 1.00 bits per heavy atom. The van der Waals surface area contributed by atoms with Crippen LogP contribution < -0.4 is 4.74 Å². The number of rotatable bonds is 12. The van der Waals surface area contributed by atoms with Crippen molar-refractivity contribution in [2.45, 2.75) is 90.8 Å². The van der Waals surface area contributed by atoms with Gasteiger partial charge in [0.1, 0.15) is 12.4 Å². The van der Waals surface area contributed by atoms with E-state index >= 15 is 0 Å². The Balaban J connectivity index is 1.49. The minimum atomic E-state index is -0.903. The van der Waals surface area contributed by atoms with Crippen molar-refractivity contribution >= 4 is 11.9 Å². The Hall–Kier alpha value is -3.64. The molecule has 0 radical (unpaired) electrons. The maximum absolute atomic E-state index is 11.7. The van der Waals surface area contributed by atoms with Crippen molar-refractivity contribution in [2.75, 3.05) is 13.7 Å². The minimum absolute atomic E-state index is 0.120. The van der Waals surface area contributed by atoms with Crippen LogP contribution in [0.3, 0.4) is 0 Å². The summed E-state index contributed by atoms with van der Waals surface area (Å²) in [4.78, 5) is 25.7. The smallest absolute Gasteiger partial charge is 0.335 e. The number of fused-ring (bicyclic) bond motifs is 1. The fourth-order valence-electron chi connectivity index (χ4n) is 5.82. The molecule has 0 aromatic heterocycles. The lowest BCUT2D eigenvalue weighted by molar-refractivity contribution is -0.140. The highest BCUT2D eigenvalue weighted by Crippen LogP contribution is 2.33. The van der Waals surface area contributed by atoms with Crippen LogP contribution in [-0.4, -0.2) is 41.6 Å². The molecule has 0 heterocycles. The molecule has 0 aliphatic heterocycles. The molecule has 3 aromatic rings. The molecule has 1 aliphatic rings. The standard InChI is InChI=1S/C36H45NO5/c1-25-21-27(14-19-31(25)35(39)40)23-37(20-7-6-11-34(38)41-5)30-18-15-28-9-8-10-33(32(28)22-30)42-24-26-12-16-29(17-13-26)36(2,3)4/h8-10,12-14,16-17,19,21,30H,6-7,11,15,18,20,22-24H2,1-5H3,(H,39,40). The van der Waals surface area contributed by atoms with Gasteiger partial charge >= 0.3 is 11.9 Å². The highest BCUT2D eigenvalue weighted by Gasteiger charge is 2.27. The number of hydrogen-bond donors (Lipinski definition) is 1. The molecule has 1 N–H and O–H groups in total. The number of carbonyl (C=O) groups excluding carboxylic acids is 1. The molecule has 1 unspecified atom stereocenters. The quantitative estimate of drug-likeness (QED) is 0.182. The molecule has 224 valence electrons. The van der Waals surface area contributed by atoms with E-state index in [0.717, 1.165) is 67.6 Å². The van der Waals surface area contributed by atoms with Crippen molar-refractivity contribution in [3.05, 3.63) is 99.6 Å². The second-order valence-electron chi connectivity index (χ2n) is 12.5. The van der Waals surface area contributed by atoms with Gasteiger partial charge in [0.05, 0.1) is 12.7 Å². The van der Waals surface area contributed by atoms with E-state index in [9.17, 15) is 14.7 Å². The lowest BCUT2D eigenvalue weighted by atomic mass is 9.86. The van der Waals surface area contributed by atoms with Gasteiger partial charge in [-0.15, -0.1) is 0 Å². The van der Waals surface area contributed by atoms with Crippen molar-refractivity contribution in [3.8, 4) is 5.75 Å². The summed E-state index contributed by atoms with van der Waals surface area (Å²) in [6.07, 6.45) is 4.97. The van der Waals surface area contributed by atoms with E-state index < -0.39 is 5.97 Å². The molecule has 1 aliphatic carbocycles. The Morgan fingerprint density at radius 2 is 1.74 bits per heavy atom. The SMILES string of the molecule is COC(=O)CCCCN(Cc1ccc(C(=O)O)c(C)c1)C1CCc2cccc(OCc3ccc(C(C)(C)C)cc3)c2C1. The molecule has 0 fully saturated rings. The highest BCUT2D eigenvalue weighted by molar-refractivity contribution is 5.89. The number of carbonyl (C=O) groups is 2. The van der Waals surface area contributed by atoms with E-state index in [-0.39, 0.29) is 11.4 Å². The number of methoxy groups -OCH3 is 1. The van der Waals surface area contributed by atoms with Crippen molar-refractivity contribution < 1.29 is 24.2 Å². The first-order chi connectivity index (χ1) is 20.0. The van der Waals surface area contributed by atoms with Crippen molar-refractivity contribution in [1.29, 1.82) is 0 Å². The second-order valence-corrected chi connectivity index (χ2v) is 12.5. The maximum Gasteiger partial charge on any atom is 0.335 e. The molecular weight excluding hydrogens is 526 g/mol. The predicted octanol–water partition coefficient (Wildman–Crippen LogP) is 7.27. The second kappa shape index (κ2) is 14.0. The fourth-order valence-corrected chi connectivity index (χ4v) is 5.82. The zero-order valence-electron chi connectivity index (χ0n) is 25.7. The van der Waals surface area contributed by atoms with Crippen molar-refractivity contribution in [1.82, 2.24) is 4.90 Å². The molecule has 0 saturated carbocycles. The molecule has 1 atom stereocenters. The normalized spacial score (nSPS) is 14.9. The lowest BCUT2D eigenvalue weighted by Crippen LogP contribution is -2.39. The zero-order chi connectivity index (χ0) is 30.3. The summed E-state index contributed by atoms with van der Waals surface area (Å²) in [6.45, 7) is 10.6. The molecule has 4 rings (SSSR count). The summed E-state index contributed by atoms with van der Waals surface area (Å²) in [5, 5.41) is 9.47. The summed E-state index contributed by atoms with van der Waals surface area (Å²) in [5.74, 6) is -0.132. The van der Waals surface area contributed by atoms with Gasteiger partial charge in [-0.05, 0) is 96.5 Å². The first-order valence-corrected chi connectivity index (χ1v) is 15.0. The van der Waals surface area contributed by atoms with Crippen LogP contribution >= 0.6 is 0 Å². The van der Waals surface area contributed by atoms with Crippen molar-refractivity contribution in [3.63, 3.8) is 0 Å². The molecule has 0 bridgehead atoms. The maximum atomic E-state index is 11.7. The molecule has 42 heavy (non-hydrogen) atoms. The molecule has 6 nitrogen and oxygen atoms in total. The monoisotopic (exact) mass is 571 g/mol. The van der Waals surface area contributed by atoms with Crippen LogP contribution in [0.1, 0.15) is 90.2 Å². The van der Waals surface area contributed by atoms with E-state index in [2.05, 4.69) is 68.1 Å². The number of unbranched alkanes of at least 4 members (excludes halogenated alkanes) is 1. The predicted molar refractivity (Wildman–Crippen MR) is 166 cm³/mol. The van der Waals surface area contributed by atoms with Gasteiger partial charge in [0.2, 0.25) is 0 Å². The van der Waals surface area contributed by atoms with E-state index in [1.807, 2.05) is 19.1 Å². The molecule has 3 aromatic carbocycles. The first kappa shape index (κ1) is 31.3. The summed E-state index contributed by atoms with van der Waals surface area (Å²) in [7, 11) is 1.43. The third-order valence-electron chi connectivity index (χ3n) is 8.36. The van der Waals surface area contributed by atoms with Gasteiger partial charge in [-0.2, -0.15) is 0 Å². The molecule has 0 saturated heterocycles. The van der Waals surface area contributed by atoms with Crippen molar-refractivity contribution in [2.24, 2.45) is 0 Å². The Morgan fingerprint density at radius 3 is 2.40 bits per heavy atom. The molecule has 6 heteroatoms. The van der Waals surface area contributed by atoms with E-state index in [4.69, 9.17) is 9.47 Å². The minimum Gasteiger partial charge on any atom is -0.489 e. The highest BCUT2D eigenvalue weighted by atomic mass is 16.5. The van der Waals surface area contributed by atoms with E-state index in [0.29, 0.717) is 24.6 Å². The Bertz CT molecular complexity index is 1370. The number of carboxylic acid groups (broad SMARTS) is 1. The third-order valence-corrected chi connectivity index (χ3v) is 8.36. The van der Waals surface area contributed by atoms with Crippen LogP contribution in [0.25, 0.3) is 0 Å². The molecule has 0 amide bonds. The number of hydrogen-bond acceptors (Lipinski definition) is 5. The number of aryl methyl sites for hydroxylation is 2. The van der Waals surface area contributed by atoms with Crippen LogP contribution in [0.2, 0.25) is 0 Å². The summed E-state index contributed by atoms with van der Waals surface area (Å²) >= 11 is 0. The summed E-state index contributed by atoms with van der Waals surface area (Å²) in [5.41, 5.74) is 7.41. The number of ether oxygens (including phenoxy) is 2. The number of benzene rings is 3. The Labute approximate surface area is 250 Å². The number of esters is 1. The van der Waals surface area contributed by atoms with Crippen LogP contribution in [0, 0.1) is 6.92 Å². The lowest BCUT2D eigenvalue weighted by Gasteiger charge is -2.36. The topological polar surface area (TPSA) is 76.1 Å². The van der Waals surface area contributed by atoms with Gasteiger partial charge in [-0.3, -0.25) is 9.69 Å². The van der Waals surface area contributed by atoms with Gasteiger partial charge in [0.15, 0.2) is 0 Å². The van der Waals surface area contributed by atoms with Crippen LogP contribution in [0.4, 0.5) is 0 Å².